The van der Waals surface area contributed by atoms with E-state index in [0.717, 1.165) is 0 Å². The SMILES string of the molecule is CNC(=O)N(N(C(=O)c1ccccc1)C(C)(C)C)C(C)(C)C. The average molecular weight is 305 g/mol. The summed E-state index contributed by atoms with van der Waals surface area (Å²) in [5, 5.41) is 5.64. The van der Waals surface area contributed by atoms with E-state index >= 15 is 0 Å². The Balaban J connectivity index is 3.39. The van der Waals surface area contributed by atoms with Gasteiger partial charge in [0.05, 0.1) is 11.1 Å². The highest BCUT2D eigenvalue weighted by atomic mass is 16.2. The van der Waals surface area contributed by atoms with E-state index in [4.69, 9.17) is 0 Å². The highest BCUT2D eigenvalue weighted by molar-refractivity contribution is 5.95. The van der Waals surface area contributed by atoms with Crippen molar-refractivity contribution in [2.75, 3.05) is 7.05 Å². The van der Waals surface area contributed by atoms with Gasteiger partial charge in [0.2, 0.25) is 0 Å². The Labute approximate surface area is 133 Å². The zero-order valence-corrected chi connectivity index (χ0v) is 14.6. The number of hydrogen-bond donors (Lipinski definition) is 1. The summed E-state index contributed by atoms with van der Waals surface area (Å²) in [5.74, 6) is -0.202. The van der Waals surface area contributed by atoms with Gasteiger partial charge in [0.15, 0.2) is 0 Å². The summed E-state index contributed by atoms with van der Waals surface area (Å²) in [7, 11) is 1.56. The van der Waals surface area contributed by atoms with Gasteiger partial charge in [-0.3, -0.25) is 4.79 Å². The molecule has 1 aromatic rings. The minimum Gasteiger partial charge on any atom is -0.340 e. The first-order valence-corrected chi connectivity index (χ1v) is 7.41. The third-order valence-electron chi connectivity index (χ3n) is 3.09. The number of nitrogens with zero attached hydrogens (tertiary/aromatic N) is 2. The van der Waals surface area contributed by atoms with Crippen molar-refractivity contribution >= 4 is 11.9 Å². The Morgan fingerprint density at radius 1 is 0.864 bits per heavy atom. The van der Waals surface area contributed by atoms with Gasteiger partial charge in [-0.15, -0.1) is 0 Å². The zero-order chi connectivity index (χ0) is 17.1. The fraction of sp³-hybridized carbons (Fsp3) is 0.529. The molecule has 0 spiro atoms. The summed E-state index contributed by atoms with van der Waals surface area (Å²) < 4.78 is 0. The zero-order valence-electron chi connectivity index (χ0n) is 14.6. The lowest BCUT2D eigenvalue weighted by molar-refractivity contribution is -0.0745. The topological polar surface area (TPSA) is 52.7 Å². The number of benzene rings is 1. The van der Waals surface area contributed by atoms with Crippen LogP contribution in [0, 0.1) is 0 Å². The van der Waals surface area contributed by atoms with Gasteiger partial charge in [-0.25, -0.2) is 14.8 Å². The lowest BCUT2D eigenvalue weighted by Gasteiger charge is -2.49. The van der Waals surface area contributed by atoms with Crippen molar-refractivity contribution in [3.8, 4) is 0 Å². The largest absolute Gasteiger partial charge is 0.340 e. The molecule has 3 amide bonds. The third-order valence-corrected chi connectivity index (χ3v) is 3.09. The summed E-state index contributed by atoms with van der Waals surface area (Å²) in [6.07, 6.45) is 0. The maximum Gasteiger partial charge on any atom is 0.336 e. The fourth-order valence-corrected chi connectivity index (χ4v) is 2.20. The predicted molar refractivity (Wildman–Crippen MR) is 88.4 cm³/mol. The monoisotopic (exact) mass is 305 g/mol. The molecular weight excluding hydrogens is 278 g/mol. The molecule has 0 unspecified atom stereocenters. The van der Waals surface area contributed by atoms with Gasteiger partial charge in [-0.05, 0) is 53.7 Å². The van der Waals surface area contributed by atoms with Crippen LogP contribution in [0.4, 0.5) is 4.79 Å². The number of carbonyl (C=O) groups is 2. The second-order valence-electron chi connectivity index (χ2n) is 7.19. The van der Waals surface area contributed by atoms with Crippen molar-refractivity contribution in [2.24, 2.45) is 0 Å². The maximum absolute atomic E-state index is 13.0. The van der Waals surface area contributed by atoms with Crippen LogP contribution < -0.4 is 5.32 Å². The van der Waals surface area contributed by atoms with Gasteiger partial charge < -0.3 is 5.32 Å². The van der Waals surface area contributed by atoms with Crippen molar-refractivity contribution in [1.82, 2.24) is 15.3 Å². The van der Waals surface area contributed by atoms with E-state index in [9.17, 15) is 9.59 Å². The molecule has 122 valence electrons. The molecule has 0 bridgehead atoms. The summed E-state index contributed by atoms with van der Waals surface area (Å²) in [6, 6.07) is 8.69. The molecule has 1 aromatic carbocycles. The van der Waals surface area contributed by atoms with Gasteiger partial charge in [0.1, 0.15) is 0 Å². The molecule has 0 saturated carbocycles. The molecule has 0 aliphatic carbocycles. The summed E-state index contributed by atoms with van der Waals surface area (Å²) in [5.41, 5.74) is -0.541. The number of nitrogens with one attached hydrogen (secondary N) is 1. The molecular formula is C17H27N3O2. The highest BCUT2D eigenvalue weighted by Crippen LogP contribution is 2.26. The molecule has 0 aliphatic rings. The summed E-state index contributed by atoms with van der Waals surface area (Å²) >= 11 is 0. The average Bonchev–Trinajstić information content (AvgIpc) is 2.41. The normalized spacial score (nSPS) is 11.8. The quantitative estimate of drug-likeness (QED) is 0.810. The van der Waals surface area contributed by atoms with Gasteiger partial charge in [-0.1, -0.05) is 18.2 Å². The Hall–Kier alpha value is -2.04. The van der Waals surface area contributed by atoms with Gasteiger partial charge in [-0.2, -0.15) is 0 Å². The number of carbonyl (C=O) groups excluding carboxylic acids is 2. The van der Waals surface area contributed by atoms with Crippen molar-refractivity contribution < 1.29 is 9.59 Å². The lowest BCUT2D eigenvalue weighted by Crippen LogP contribution is -2.65. The van der Waals surface area contributed by atoms with Gasteiger partial charge in [0, 0.05) is 12.6 Å². The Morgan fingerprint density at radius 2 is 1.32 bits per heavy atom. The van der Waals surface area contributed by atoms with Crippen LogP contribution in [0.2, 0.25) is 0 Å². The van der Waals surface area contributed by atoms with Crippen LogP contribution in [-0.2, 0) is 0 Å². The van der Waals surface area contributed by atoms with Crippen LogP contribution in [0.5, 0.6) is 0 Å². The smallest absolute Gasteiger partial charge is 0.336 e. The summed E-state index contributed by atoms with van der Waals surface area (Å²) in [4.78, 5) is 25.4. The Kier molecular flexibility index (Phi) is 5.22. The maximum atomic E-state index is 13.0. The number of hydrogen-bond acceptors (Lipinski definition) is 2. The highest BCUT2D eigenvalue weighted by Gasteiger charge is 2.40. The van der Waals surface area contributed by atoms with Crippen LogP contribution in [0.3, 0.4) is 0 Å². The molecule has 0 radical (unpaired) electrons. The van der Waals surface area contributed by atoms with E-state index in [2.05, 4.69) is 5.32 Å². The first-order valence-electron chi connectivity index (χ1n) is 7.41. The summed E-state index contributed by atoms with van der Waals surface area (Å²) in [6.45, 7) is 11.4. The molecule has 5 heteroatoms. The van der Waals surface area contributed by atoms with E-state index in [1.165, 1.54) is 10.0 Å². The van der Waals surface area contributed by atoms with Gasteiger partial charge >= 0.3 is 6.03 Å². The predicted octanol–water partition coefficient (Wildman–Crippen LogP) is 3.28. The molecule has 0 aromatic heterocycles. The number of urea groups is 1. The molecule has 1 rings (SSSR count). The molecule has 0 fully saturated rings. The minimum absolute atomic E-state index is 0.202. The van der Waals surface area contributed by atoms with Crippen LogP contribution in [0.25, 0.3) is 0 Å². The number of hydrazine groups is 1. The second-order valence-corrected chi connectivity index (χ2v) is 7.19. The minimum atomic E-state index is -0.549. The molecule has 0 saturated heterocycles. The van der Waals surface area contributed by atoms with E-state index in [0.29, 0.717) is 5.56 Å². The van der Waals surface area contributed by atoms with E-state index in [1.807, 2.05) is 59.7 Å². The van der Waals surface area contributed by atoms with Crippen LogP contribution in [-0.4, -0.2) is 40.1 Å². The first-order chi connectivity index (χ1) is 10.00. The molecule has 0 aliphatic heterocycles. The third kappa shape index (κ3) is 4.00. The van der Waals surface area contributed by atoms with Crippen LogP contribution in [0.15, 0.2) is 30.3 Å². The van der Waals surface area contributed by atoms with E-state index in [1.54, 1.807) is 19.2 Å². The number of rotatable bonds is 1. The van der Waals surface area contributed by atoms with Crippen molar-refractivity contribution in [3.63, 3.8) is 0 Å². The fourth-order valence-electron chi connectivity index (χ4n) is 2.20. The first kappa shape index (κ1) is 18.0. The van der Waals surface area contributed by atoms with Crippen LogP contribution >= 0.6 is 0 Å². The molecule has 5 nitrogen and oxygen atoms in total. The standard InChI is InChI=1S/C17H27N3O2/c1-16(2,3)19(14(21)13-11-9-8-10-12-13)20(15(22)18-7)17(4,5)6/h8-12H,1-7H3,(H,18,22). The molecule has 0 atom stereocenters. The lowest BCUT2D eigenvalue weighted by atomic mass is 10.0. The van der Waals surface area contributed by atoms with Crippen molar-refractivity contribution in [3.05, 3.63) is 35.9 Å². The van der Waals surface area contributed by atoms with Gasteiger partial charge in [0.25, 0.3) is 5.91 Å². The second kappa shape index (κ2) is 6.38. The Bertz CT molecular complexity index is 527. The van der Waals surface area contributed by atoms with Crippen molar-refractivity contribution in [2.45, 2.75) is 52.6 Å². The molecule has 0 heterocycles. The molecule has 22 heavy (non-hydrogen) atoms. The number of amides is 3. The van der Waals surface area contributed by atoms with Crippen molar-refractivity contribution in [1.29, 1.82) is 0 Å². The van der Waals surface area contributed by atoms with E-state index < -0.39 is 11.1 Å². The van der Waals surface area contributed by atoms with Crippen LogP contribution in [0.1, 0.15) is 51.9 Å². The Morgan fingerprint density at radius 3 is 1.68 bits per heavy atom. The molecule has 1 N–H and O–H groups in total. The van der Waals surface area contributed by atoms with E-state index in [-0.39, 0.29) is 11.9 Å².